The molecule has 1 amide bonds. The van der Waals surface area contributed by atoms with Crippen molar-refractivity contribution >= 4 is 22.4 Å². The second-order valence-electron chi connectivity index (χ2n) is 10.6. The van der Waals surface area contributed by atoms with E-state index in [4.69, 9.17) is 0 Å². The van der Waals surface area contributed by atoms with E-state index in [-0.39, 0.29) is 11.1 Å². The van der Waals surface area contributed by atoms with Crippen molar-refractivity contribution in [1.29, 1.82) is 0 Å². The molecule has 36 heavy (non-hydrogen) atoms. The molecule has 0 fully saturated rings. The Labute approximate surface area is 206 Å². The molecule has 3 aromatic rings. The highest BCUT2D eigenvalue weighted by Crippen LogP contribution is 2.55. The van der Waals surface area contributed by atoms with Crippen LogP contribution in [0.25, 0.3) is 10.8 Å². The molecule has 0 bridgehead atoms. The topological polar surface area (TPSA) is 92.4 Å². The van der Waals surface area contributed by atoms with E-state index in [1.165, 1.54) is 18.2 Å². The van der Waals surface area contributed by atoms with Crippen molar-refractivity contribution in [3.05, 3.63) is 69.7 Å². The van der Waals surface area contributed by atoms with Crippen molar-refractivity contribution in [2.24, 2.45) is 5.41 Å². The molecule has 1 heterocycles. The summed E-state index contributed by atoms with van der Waals surface area (Å²) in [5.74, 6) is -1.57. The summed E-state index contributed by atoms with van der Waals surface area (Å²) in [7, 11) is 0. The Kier molecular flexibility index (Phi) is 6.27. The second kappa shape index (κ2) is 8.73. The fourth-order valence-electron chi connectivity index (χ4n) is 5.44. The molecule has 0 saturated heterocycles. The maximum absolute atomic E-state index is 14.5. The summed E-state index contributed by atoms with van der Waals surface area (Å²) in [6.07, 6.45) is -4.30. The molecule has 0 spiro atoms. The molecule has 2 aromatic carbocycles. The van der Waals surface area contributed by atoms with Gasteiger partial charge >= 0.3 is 11.8 Å². The van der Waals surface area contributed by atoms with Crippen molar-refractivity contribution in [3.8, 4) is 0 Å². The molecule has 192 valence electrons. The average molecular weight is 503 g/mol. The van der Waals surface area contributed by atoms with Crippen LogP contribution in [0.3, 0.4) is 0 Å². The number of aliphatic hydroxyl groups is 1. The van der Waals surface area contributed by atoms with E-state index >= 15 is 0 Å². The molecule has 0 aliphatic heterocycles. The lowest BCUT2D eigenvalue weighted by Gasteiger charge is -2.52. The van der Waals surface area contributed by atoms with Gasteiger partial charge in [-0.2, -0.15) is 13.2 Å². The van der Waals surface area contributed by atoms with E-state index < -0.39 is 40.6 Å². The molecule has 2 N–H and O–H groups in total. The van der Waals surface area contributed by atoms with Gasteiger partial charge in [-0.05, 0) is 60.9 Å². The molecule has 4 rings (SSSR count). The predicted octanol–water partition coefficient (Wildman–Crippen LogP) is 5.44. The number of aromatic nitrogens is 1. The van der Waals surface area contributed by atoms with Crippen LogP contribution in [0, 0.1) is 12.3 Å². The number of nitrogens with zero attached hydrogens (tertiary/aromatic N) is 1. The van der Waals surface area contributed by atoms with Gasteiger partial charge in [0.25, 0.3) is 5.91 Å². The van der Waals surface area contributed by atoms with Crippen molar-refractivity contribution in [1.82, 2.24) is 5.16 Å². The quantitative estimate of drug-likeness (QED) is 0.496. The Morgan fingerprint density at radius 3 is 2.50 bits per heavy atom. The first-order valence-corrected chi connectivity index (χ1v) is 11.8. The highest BCUT2D eigenvalue weighted by atomic mass is 19.4. The number of hydrogen-bond acceptors (Lipinski definition) is 5. The van der Waals surface area contributed by atoms with Gasteiger partial charge in [-0.3, -0.25) is 4.79 Å². The third kappa shape index (κ3) is 4.19. The summed E-state index contributed by atoms with van der Waals surface area (Å²) >= 11 is 0. The van der Waals surface area contributed by atoms with E-state index in [9.17, 15) is 27.9 Å². The molecule has 2 atom stereocenters. The Morgan fingerprint density at radius 2 is 1.83 bits per heavy atom. The van der Waals surface area contributed by atoms with Gasteiger partial charge in [0, 0.05) is 22.9 Å². The van der Waals surface area contributed by atoms with Crippen LogP contribution in [0.4, 0.5) is 18.9 Å². The monoisotopic (exact) mass is 502 g/mol. The lowest BCUT2D eigenvalue weighted by Crippen LogP contribution is -2.60. The number of nitrogens with one attached hydrogen (secondary N) is 1. The third-order valence-corrected chi connectivity index (χ3v) is 7.57. The maximum Gasteiger partial charge on any atom is 0.426 e. The number of alkyl halides is 3. The van der Waals surface area contributed by atoms with E-state index in [1.54, 1.807) is 19.1 Å². The SMILES string of the molecule is Cc1noc(=O)c2ccc(NC(=O)C(O)(CC3(C(C)(C)C)CCCc4ccccc43)C(F)(F)F)cc12. The molecule has 2 unspecified atom stereocenters. The van der Waals surface area contributed by atoms with Gasteiger partial charge in [0.2, 0.25) is 5.60 Å². The number of amides is 1. The van der Waals surface area contributed by atoms with Crippen LogP contribution >= 0.6 is 0 Å². The second-order valence-corrected chi connectivity index (χ2v) is 10.6. The van der Waals surface area contributed by atoms with Crippen LogP contribution in [0.2, 0.25) is 0 Å². The standard InChI is InChI=1S/C27H29F3N2O4/c1-16-20-14-18(11-12-19(20)22(33)36-32-16)31-23(34)26(35,27(28,29)30)15-25(24(2,3)4)13-7-9-17-8-5-6-10-21(17)25/h5-6,8,10-12,14,35H,7,9,13,15H2,1-4H3,(H,31,34). The summed E-state index contributed by atoms with van der Waals surface area (Å²) in [5.41, 5.74) is -4.17. The van der Waals surface area contributed by atoms with E-state index in [1.807, 2.05) is 32.9 Å². The van der Waals surface area contributed by atoms with Crippen LogP contribution in [0.5, 0.6) is 0 Å². The minimum atomic E-state index is -5.24. The third-order valence-electron chi connectivity index (χ3n) is 7.57. The highest BCUT2D eigenvalue weighted by molar-refractivity contribution is 6.00. The number of anilines is 1. The summed E-state index contributed by atoms with van der Waals surface area (Å²) in [5, 5.41) is 17.5. The van der Waals surface area contributed by atoms with Crippen LogP contribution in [0.1, 0.15) is 56.9 Å². The van der Waals surface area contributed by atoms with Crippen molar-refractivity contribution in [3.63, 3.8) is 0 Å². The van der Waals surface area contributed by atoms with E-state index in [2.05, 4.69) is 15.0 Å². The van der Waals surface area contributed by atoms with Crippen molar-refractivity contribution in [2.45, 2.75) is 70.6 Å². The molecule has 0 radical (unpaired) electrons. The Bertz CT molecular complexity index is 1380. The average Bonchev–Trinajstić information content (AvgIpc) is 2.80. The minimum absolute atomic E-state index is 0.000437. The molecule has 6 nitrogen and oxygen atoms in total. The highest BCUT2D eigenvalue weighted by Gasteiger charge is 2.64. The van der Waals surface area contributed by atoms with E-state index in [0.29, 0.717) is 23.9 Å². The largest absolute Gasteiger partial charge is 0.426 e. The number of carbonyl (C=O) groups excluding carboxylic acids is 1. The Balaban J connectivity index is 1.78. The van der Waals surface area contributed by atoms with Crippen LogP contribution in [0.15, 0.2) is 51.8 Å². The number of fused-ring (bicyclic) bond motifs is 2. The Hall–Kier alpha value is -3.20. The Morgan fingerprint density at radius 1 is 1.14 bits per heavy atom. The van der Waals surface area contributed by atoms with Crippen molar-refractivity contribution < 1.29 is 27.6 Å². The van der Waals surface area contributed by atoms with Gasteiger partial charge in [0.15, 0.2) is 0 Å². The predicted molar refractivity (Wildman–Crippen MR) is 130 cm³/mol. The maximum atomic E-state index is 14.5. The van der Waals surface area contributed by atoms with E-state index in [0.717, 1.165) is 17.5 Å². The zero-order chi connectivity index (χ0) is 26.5. The van der Waals surface area contributed by atoms with Gasteiger partial charge < -0.3 is 14.9 Å². The lowest BCUT2D eigenvalue weighted by atomic mass is 9.53. The molecule has 1 aliphatic carbocycles. The fraction of sp³-hybridized carbons (Fsp3) is 0.444. The number of aryl methyl sites for hydroxylation is 2. The van der Waals surface area contributed by atoms with Gasteiger partial charge in [-0.1, -0.05) is 50.2 Å². The zero-order valence-corrected chi connectivity index (χ0v) is 20.6. The number of rotatable bonds is 4. The van der Waals surface area contributed by atoms with Gasteiger partial charge in [0.1, 0.15) is 0 Å². The van der Waals surface area contributed by atoms with Crippen LogP contribution < -0.4 is 10.9 Å². The first-order chi connectivity index (χ1) is 16.7. The normalized spacial score (nSPS) is 20.0. The number of carbonyl (C=O) groups is 1. The van der Waals surface area contributed by atoms with Gasteiger partial charge in [-0.25, -0.2) is 4.79 Å². The first-order valence-electron chi connectivity index (χ1n) is 11.8. The van der Waals surface area contributed by atoms with Gasteiger partial charge in [-0.15, -0.1) is 0 Å². The molecule has 9 heteroatoms. The smallest absolute Gasteiger partial charge is 0.373 e. The number of hydrogen-bond donors (Lipinski definition) is 2. The zero-order valence-electron chi connectivity index (χ0n) is 20.6. The molecule has 0 saturated carbocycles. The summed E-state index contributed by atoms with van der Waals surface area (Å²) < 4.78 is 48.3. The fourth-order valence-corrected chi connectivity index (χ4v) is 5.44. The van der Waals surface area contributed by atoms with Crippen LogP contribution in [-0.2, 0) is 16.6 Å². The number of halogens is 3. The molecular weight excluding hydrogens is 473 g/mol. The van der Waals surface area contributed by atoms with Gasteiger partial charge in [0.05, 0.1) is 11.1 Å². The lowest BCUT2D eigenvalue weighted by molar-refractivity contribution is -0.258. The minimum Gasteiger partial charge on any atom is -0.373 e. The van der Waals surface area contributed by atoms with Crippen LogP contribution in [-0.4, -0.2) is 27.9 Å². The first kappa shape index (κ1) is 25.9. The molecule has 1 aromatic heterocycles. The molecule has 1 aliphatic rings. The molecular formula is C27H29F3N2O4. The summed E-state index contributed by atoms with van der Waals surface area (Å²) in [6.45, 7) is 7.09. The summed E-state index contributed by atoms with van der Waals surface area (Å²) in [4.78, 5) is 25.1. The number of benzene rings is 2. The summed E-state index contributed by atoms with van der Waals surface area (Å²) in [6, 6.07) is 11.3. The van der Waals surface area contributed by atoms with Crippen molar-refractivity contribution in [2.75, 3.05) is 5.32 Å².